The highest BCUT2D eigenvalue weighted by Crippen LogP contribution is 2.28. The van der Waals surface area contributed by atoms with Gasteiger partial charge in [-0.3, -0.25) is 0 Å². The summed E-state index contributed by atoms with van der Waals surface area (Å²) in [5, 5.41) is 7.41. The van der Waals surface area contributed by atoms with Crippen LogP contribution in [-0.4, -0.2) is 47.3 Å². The molecule has 0 bridgehead atoms. The summed E-state index contributed by atoms with van der Waals surface area (Å²) in [7, 11) is -3.33. The van der Waals surface area contributed by atoms with E-state index in [1.165, 1.54) is 18.8 Å². The van der Waals surface area contributed by atoms with Crippen LogP contribution in [0.4, 0.5) is 0 Å². The Morgan fingerprint density at radius 3 is 2.95 bits per heavy atom. The fourth-order valence-corrected chi connectivity index (χ4v) is 3.40. The molecule has 2 aromatic heterocycles. The van der Waals surface area contributed by atoms with Crippen molar-refractivity contribution in [3.63, 3.8) is 0 Å². The summed E-state index contributed by atoms with van der Waals surface area (Å²) in [5.74, 6) is 0.554. The van der Waals surface area contributed by atoms with E-state index < -0.39 is 9.84 Å². The summed E-state index contributed by atoms with van der Waals surface area (Å²) in [6, 6.07) is 0. The molecular formula is C11H15N5O2S. The first-order valence-corrected chi connectivity index (χ1v) is 8.06. The first-order chi connectivity index (χ1) is 9.07. The molecule has 7 nitrogen and oxygen atoms in total. The molecule has 1 fully saturated rings. The standard InChI is InChI=1S/C11H15N5O2S/c1-19(17,18)9-6-13-11-14-7-15-16(11)10(9)8-3-2-4-12-5-8/h6-8,12H,2-5H2,1H3. The third-order valence-electron chi connectivity index (χ3n) is 3.39. The number of nitrogens with zero attached hydrogens (tertiary/aromatic N) is 4. The van der Waals surface area contributed by atoms with Crippen molar-refractivity contribution in [3.05, 3.63) is 18.2 Å². The third kappa shape index (κ3) is 2.21. The van der Waals surface area contributed by atoms with E-state index in [2.05, 4.69) is 20.4 Å². The highest BCUT2D eigenvalue weighted by atomic mass is 32.2. The van der Waals surface area contributed by atoms with Crippen LogP contribution in [0.5, 0.6) is 0 Å². The molecule has 1 unspecified atom stereocenters. The van der Waals surface area contributed by atoms with Gasteiger partial charge in [-0.25, -0.2) is 13.4 Å². The Morgan fingerprint density at radius 1 is 1.42 bits per heavy atom. The molecule has 1 atom stereocenters. The molecule has 3 heterocycles. The SMILES string of the molecule is CS(=O)(=O)c1cnc2ncnn2c1C1CCCNC1. The molecule has 1 aliphatic rings. The van der Waals surface area contributed by atoms with Gasteiger partial charge in [0, 0.05) is 18.7 Å². The quantitative estimate of drug-likeness (QED) is 0.833. The zero-order chi connectivity index (χ0) is 13.5. The van der Waals surface area contributed by atoms with E-state index >= 15 is 0 Å². The summed E-state index contributed by atoms with van der Waals surface area (Å²) < 4.78 is 25.4. The second kappa shape index (κ2) is 4.53. The zero-order valence-corrected chi connectivity index (χ0v) is 11.4. The Bertz CT molecular complexity index is 703. The van der Waals surface area contributed by atoms with E-state index in [1.807, 2.05) is 0 Å². The summed E-state index contributed by atoms with van der Waals surface area (Å²) in [6.07, 6.45) is 5.95. The number of aromatic nitrogens is 4. The molecule has 2 aromatic rings. The number of rotatable bonds is 2. The van der Waals surface area contributed by atoms with Gasteiger partial charge >= 0.3 is 0 Å². The summed E-state index contributed by atoms with van der Waals surface area (Å²) >= 11 is 0. The molecular weight excluding hydrogens is 266 g/mol. The van der Waals surface area contributed by atoms with Crippen LogP contribution in [0.25, 0.3) is 5.78 Å². The highest BCUT2D eigenvalue weighted by Gasteiger charge is 2.26. The van der Waals surface area contributed by atoms with E-state index in [4.69, 9.17) is 0 Å². The third-order valence-corrected chi connectivity index (χ3v) is 4.50. The summed E-state index contributed by atoms with van der Waals surface area (Å²) in [6.45, 7) is 1.72. The maximum Gasteiger partial charge on any atom is 0.252 e. The van der Waals surface area contributed by atoms with Gasteiger partial charge in [-0.15, -0.1) is 0 Å². The van der Waals surface area contributed by atoms with Crippen LogP contribution in [0.2, 0.25) is 0 Å². The van der Waals surface area contributed by atoms with Gasteiger partial charge in [0.15, 0.2) is 9.84 Å². The van der Waals surface area contributed by atoms with Gasteiger partial charge < -0.3 is 5.32 Å². The second-order valence-corrected chi connectivity index (χ2v) is 6.78. The lowest BCUT2D eigenvalue weighted by molar-refractivity contribution is 0.441. The average molecular weight is 281 g/mol. The first-order valence-electron chi connectivity index (χ1n) is 6.17. The van der Waals surface area contributed by atoms with Crippen LogP contribution >= 0.6 is 0 Å². The molecule has 1 saturated heterocycles. The minimum atomic E-state index is -3.33. The molecule has 0 aliphatic carbocycles. The zero-order valence-electron chi connectivity index (χ0n) is 10.6. The van der Waals surface area contributed by atoms with Gasteiger partial charge in [0.1, 0.15) is 11.2 Å². The Labute approximate surface area is 111 Å². The summed E-state index contributed by atoms with van der Waals surface area (Å²) in [4.78, 5) is 8.33. The molecule has 102 valence electrons. The lowest BCUT2D eigenvalue weighted by Gasteiger charge is -2.24. The molecule has 0 spiro atoms. The van der Waals surface area contributed by atoms with Crippen LogP contribution in [-0.2, 0) is 9.84 Å². The van der Waals surface area contributed by atoms with E-state index in [0.29, 0.717) is 11.5 Å². The van der Waals surface area contributed by atoms with Gasteiger partial charge in [-0.1, -0.05) is 0 Å². The molecule has 0 radical (unpaired) electrons. The maximum atomic E-state index is 11.9. The van der Waals surface area contributed by atoms with E-state index in [-0.39, 0.29) is 10.8 Å². The average Bonchev–Trinajstić information content (AvgIpc) is 2.85. The van der Waals surface area contributed by atoms with Gasteiger partial charge in [0.05, 0.1) is 11.9 Å². The predicted molar refractivity (Wildman–Crippen MR) is 68.7 cm³/mol. The number of sulfone groups is 1. The predicted octanol–water partition coefficient (Wildman–Crippen LogP) is -0.00520. The minimum absolute atomic E-state index is 0.116. The summed E-state index contributed by atoms with van der Waals surface area (Å²) in [5.41, 5.74) is 0.692. The molecule has 3 rings (SSSR count). The molecule has 0 aromatic carbocycles. The highest BCUT2D eigenvalue weighted by molar-refractivity contribution is 7.90. The minimum Gasteiger partial charge on any atom is -0.316 e. The second-order valence-electron chi connectivity index (χ2n) is 4.79. The number of fused-ring (bicyclic) bond motifs is 1. The first kappa shape index (κ1) is 12.5. The fourth-order valence-electron chi connectivity index (χ4n) is 2.53. The van der Waals surface area contributed by atoms with Crippen LogP contribution in [0.1, 0.15) is 24.5 Å². The monoisotopic (exact) mass is 281 g/mol. The van der Waals surface area contributed by atoms with Gasteiger partial charge in [0.25, 0.3) is 5.78 Å². The van der Waals surface area contributed by atoms with Crippen molar-refractivity contribution in [2.75, 3.05) is 19.3 Å². The Hall–Kier alpha value is -1.54. The molecule has 0 amide bonds. The van der Waals surface area contributed by atoms with Crippen molar-refractivity contribution in [1.82, 2.24) is 24.9 Å². The van der Waals surface area contributed by atoms with E-state index in [0.717, 1.165) is 25.9 Å². The van der Waals surface area contributed by atoms with Gasteiger partial charge in [-0.05, 0) is 19.4 Å². The molecule has 1 aliphatic heterocycles. The Kier molecular flexibility index (Phi) is 2.98. The number of nitrogens with one attached hydrogen (secondary N) is 1. The van der Waals surface area contributed by atoms with Crippen molar-refractivity contribution >= 4 is 15.6 Å². The molecule has 0 saturated carbocycles. The van der Waals surface area contributed by atoms with Gasteiger partial charge in [-0.2, -0.15) is 14.6 Å². The van der Waals surface area contributed by atoms with Crippen molar-refractivity contribution in [3.8, 4) is 0 Å². The molecule has 1 N–H and O–H groups in total. The van der Waals surface area contributed by atoms with Gasteiger partial charge in [0.2, 0.25) is 0 Å². The van der Waals surface area contributed by atoms with Crippen LogP contribution in [0.3, 0.4) is 0 Å². The van der Waals surface area contributed by atoms with E-state index in [9.17, 15) is 8.42 Å². The van der Waals surface area contributed by atoms with Crippen molar-refractivity contribution in [2.24, 2.45) is 0 Å². The number of piperidine rings is 1. The normalized spacial score (nSPS) is 20.8. The van der Waals surface area contributed by atoms with Crippen LogP contribution in [0.15, 0.2) is 17.4 Å². The number of hydrogen-bond donors (Lipinski definition) is 1. The lowest BCUT2D eigenvalue weighted by atomic mass is 9.96. The van der Waals surface area contributed by atoms with Crippen LogP contribution in [0, 0.1) is 0 Å². The van der Waals surface area contributed by atoms with Crippen molar-refractivity contribution in [1.29, 1.82) is 0 Å². The Balaban J connectivity index is 2.25. The topological polar surface area (TPSA) is 89.2 Å². The van der Waals surface area contributed by atoms with Crippen molar-refractivity contribution in [2.45, 2.75) is 23.7 Å². The van der Waals surface area contributed by atoms with Crippen LogP contribution < -0.4 is 5.32 Å². The molecule has 8 heteroatoms. The smallest absolute Gasteiger partial charge is 0.252 e. The molecule has 19 heavy (non-hydrogen) atoms. The van der Waals surface area contributed by atoms with E-state index in [1.54, 1.807) is 4.52 Å². The lowest BCUT2D eigenvalue weighted by Crippen LogP contribution is -2.30. The Morgan fingerprint density at radius 2 is 2.26 bits per heavy atom. The van der Waals surface area contributed by atoms with Crippen molar-refractivity contribution < 1.29 is 8.42 Å². The largest absolute Gasteiger partial charge is 0.316 e. The number of hydrogen-bond acceptors (Lipinski definition) is 6. The maximum absolute atomic E-state index is 11.9. The fraction of sp³-hybridized carbons (Fsp3) is 0.545.